The number of nitrogens with two attached hydrogens (primary N) is 1. The Morgan fingerprint density at radius 1 is 0.710 bits per heavy atom. The summed E-state index contributed by atoms with van der Waals surface area (Å²) in [6, 6.07) is 18.5. The number of carbonyl (C=O) groups is 1. The zero-order chi connectivity index (χ0) is 47.1. The van der Waals surface area contributed by atoms with Gasteiger partial charge in [0.1, 0.15) is 29.6 Å². The molecule has 2 heterocycles. The Morgan fingerprint density at radius 3 is 1.27 bits per heavy atom. The number of halogens is 4. The van der Waals surface area contributed by atoms with Crippen LogP contribution >= 0.6 is 0 Å². The molecule has 2 unspecified atom stereocenters. The number of hydrogen-bond donors (Lipinski definition) is 1. The molecule has 0 amide bonds. The van der Waals surface area contributed by atoms with Crippen molar-refractivity contribution in [2.45, 2.75) is 95.0 Å². The molecule has 350 valence electrons. The highest BCUT2D eigenvalue weighted by atomic mass is 127. The van der Waals surface area contributed by atoms with Gasteiger partial charge in [0.15, 0.2) is 10.1 Å². The van der Waals surface area contributed by atoms with Crippen molar-refractivity contribution < 1.29 is 82.3 Å². The van der Waals surface area contributed by atoms with Crippen molar-refractivity contribution in [3.8, 4) is 11.5 Å². The quantitative estimate of drug-likeness (QED) is 0.136. The lowest BCUT2D eigenvalue weighted by Crippen LogP contribution is -3.00. The smallest absolute Gasteiger partial charge is 0.430 e. The van der Waals surface area contributed by atoms with Crippen LogP contribution in [0, 0.1) is 0 Å². The molecule has 2 aromatic carbocycles. The molecule has 2 atom stereocenters. The number of rotatable bonds is 15. The normalized spacial score (nSPS) is 13.4. The standard InChI is InChI=1S/C27H39N4O4S.C11H23N4O2S.C2HF3O2.HI/c1-20(2)30-26(21(3)31(4,5)6)17-27(28-30)36(32,33)29(18-22-9-13-24(34-7)14-10-22)19-23-11-15-25(35-8)16-12-23;1-8(2)14-10(9(3)15(4,5)6)7-11(13-14)18(12,16)17;3-2(4,5)1(6)7;/h9-17,20-21H,18-19H2,1-8H3;7-9H,1-6H3,(H2,12,16,17);(H,6,7);1H/q2*+1;;/p-2. The molecule has 0 aliphatic heterocycles. The predicted molar refractivity (Wildman–Crippen MR) is 223 cm³/mol. The van der Waals surface area contributed by atoms with Crippen molar-refractivity contribution in [2.75, 3.05) is 56.5 Å². The maximum absolute atomic E-state index is 14.0. The van der Waals surface area contributed by atoms with Crippen molar-refractivity contribution in [1.29, 1.82) is 0 Å². The van der Waals surface area contributed by atoms with E-state index in [0.29, 0.717) is 8.97 Å². The number of ether oxygens (including phenoxy) is 2. The molecule has 2 N–H and O–H groups in total. The molecule has 0 aliphatic rings. The van der Waals surface area contributed by atoms with Gasteiger partial charge in [-0.3, -0.25) is 9.36 Å². The summed E-state index contributed by atoms with van der Waals surface area (Å²) in [5, 5.41) is 22.6. The van der Waals surface area contributed by atoms with Crippen molar-refractivity contribution in [3.05, 3.63) is 83.2 Å². The maximum atomic E-state index is 14.0. The van der Waals surface area contributed by atoms with Crippen LogP contribution in [-0.4, -0.2) is 118 Å². The lowest BCUT2D eigenvalue weighted by Gasteiger charge is -2.32. The van der Waals surface area contributed by atoms with Gasteiger partial charge in [0.2, 0.25) is 0 Å². The fraction of sp³-hybridized carbons (Fsp3) is 0.525. The molecule has 0 radical (unpaired) electrons. The topological polar surface area (TPSA) is 192 Å². The van der Waals surface area contributed by atoms with E-state index in [1.807, 2.05) is 87.8 Å². The van der Waals surface area contributed by atoms with Gasteiger partial charge < -0.3 is 52.3 Å². The molecular weight excluding hydrogens is 969 g/mol. The third-order valence-corrected chi connectivity index (χ3v) is 12.3. The first kappa shape index (κ1) is 56.2. The van der Waals surface area contributed by atoms with E-state index in [2.05, 4.69) is 59.4 Å². The molecule has 22 heteroatoms. The fourth-order valence-electron chi connectivity index (χ4n) is 5.51. The first-order chi connectivity index (χ1) is 27.7. The van der Waals surface area contributed by atoms with E-state index in [0.717, 1.165) is 34.0 Å². The minimum absolute atomic E-state index is 0. The number of alkyl halides is 3. The van der Waals surface area contributed by atoms with E-state index in [1.54, 1.807) is 31.0 Å². The Labute approximate surface area is 381 Å². The van der Waals surface area contributed by atoms with Gasteiger partial charge in [-0.1, -0.05) is 24.3 Å². The molecule has 0 aliphatic carbocycles. The number of benzene rings is 2. The number of primary sulfonamides is 1. The van der Waals surface area contributed by atoms with Gasteiger partial charge in [-0.05, 0) is 76.9 Å². The van der Waals surface area contributed by atoms with Crippen molar-refractivity contribution >= 4 is 26.0 Å². The Kier molecular flexibility index (Phi) is 20.1. The third-order valence-electron chi connectivity index (χ3n) is 9.81. The second kappa shape index (κ2) is 22.2. The highest BCUT2D eigenvalue weighted by Gasteiger charge is 2.34. The van der Waals surface area contributed by atoms with E-state index < -0.39 is 32.2 Å². The number of carboxylic acids is 1. The zero-order valence-electron chi connectivity index (χ0n) is 37.8. The Morgan fingerprint density at radius 2 is 1.02 bits per heavy atom. The van der Waals surface area contributed by atoms with Gasteiger partial charge in [0.25, 0.3) is 20.0 Å². The largest absolute Gasteiger partial charge is 1.00 e. The number of hydrogen-bond acceptors (Lipinski definition) is 10. The van der Waals surface area contributed by atoms with E-state index in [4.69, 9.17) is 24.5 Å². The highest BCUT2D eigenvalue weighted by Crippen LogP contribution is 2.30. The van der Waals surface area contributed by atoms with Gasteiger partial charge >= 0.3 is 6.18 Å². The first-order valence-corrected chi connectivity index (χ1v) is 22.1. The van der Waals surface area contributed by atoms with Gasteiger partial charge in [-0.2, -0.15) is 27.7 Å². The molecular formula is C40H62F3IN8O8S2. The number of quaternary nitrogens is 2. The van der Waals surface area contributed by atoms with E-state index in [1.165, 1.54) is 4.31 Å². The Balaban J connectivity index is 0.000000614. The van der Waals surface area contributed by atoms with Crippen LogP contribution < -0.4 is 43.7 Å². The van der Waals surface area contributed by atoms with Gasteiger partial charge in [0, 0.05) is 37.3 Å². The molecule has 0 bridgehead atoms. The highest BCUT2D eigenvalue weighted by molar-refractivity contribution is 7.89. The van der Waals surface area contributed by atoms with Crippen molar-refractivity contribution in [3.63, 3.8) is 0 Å². The fourth-order valence-corrected chi connectivity index (χ4v) is 7.36. The number of nitrogens with zero attached hydrogens (tertiary/aromatic N) is 7. The van der Waals surface area contributed by atoms with Crippen molar-refractivity contribution in [2.24, 2.45) is 5.14 Å². The van der Waals surface area contributed by atoms with Gasteiger partial charge in [0.05, 0.1) is 67.9 Å². The zero-order valence-corrected chi connectivity index (χ0v) is 41.6. The minimum atomic E-state index is -5.19. The average molecular weight is 1030 g/mol. The monoisotopic (exact) mass is 1030 g/mol. The van der Waals surface area contributed by atoms with E-state index in [-0.39, 0.29) is 71.3 Å². The van der Waals surface area contributed by atoms with Crippen LogP contribution in [0.25, 0.3) is 0 Å². The predicted octanol–water partition coefficient (Wildman–Crippen LogP) is 1.82. The molecule has 4 rings (SSSR count). The SMILES string of the molecule is CC(C)n1nc(S(N)(=O)=O)cc1C(C)[N+](C)(C)C.COc1ccc(CN(Cc2ccc(OC)cc2)S(=O)(=O)c2cc(C(C)[N+](C)(C)C)n(C(C)C)n2)cc1.O=C([O-])C(F)(F)F.[I-]. The van der Waals surface area contributed by atoms with E-state index >= 15 is 0 Å². The summed E-state index contributed by atoms with van der Waals surface area (Å²) >= 11 is 0. The van der Waals surface area contributed by atoms with Gasteiger partial charge in [-0.25, -0.2) is 22.0 Å². The van der Waals surface area contributed by atoms with E-state index in [9.17, 15) is 30.0 Å². The Bertz CT molecular complexity index is 2220. The van der Waals surface area contributed by atoms with Crippen LogP contribution in [0.3, 0.4) is 0 Å². The third kappa shape index (κ3) is 15.8. The molecule has 16 nitrogen and oxygen atoms in total. The second-order valence-corrected chi connectivity index (χ2v) is 20.2. The molecule has 0 spiro atoms. The van der Waals surface area contributed by atoms with Crippen LogP contribution in [0.2, 0.25) is 0 Å². The summed E-state index contributed by atoms with van der Waals surface area (Å²) in [6.07, 6.45) is -5.19. The first-order valence-electron chi connectivity index (χ1n) is 19.1. The number of carboxylic acid groups (broad SMARTS) is 1. The lowest BCUT2D eigenvalue weighted by molar-refractivity contribution is -0.900. The van der Waals surface area contributed by atoms with Crippen LogP contribution in [0.4, 0.5) is 13.2 Å². The average Bonchev–Trinajstić information content (AvgIpc) is 3.81. The molecule has 0 saturated carbocycles. The summed E-state index contributed by atoms with van der Waals surface area (Å²) in [7, 11) is 7.99. The number of methoxy groups -OCH3 is 2. The number of carbonyl (C=O) groups excluding carboxylic acids is 1. The number of aliphatic carboxylic acids is 1. The minimum Gasteiger partial charge on any atom is -1.00 e. The van der Waals surface area contributed by atoms with Crippen molar-refractivity contribution in [1.82, 2.24) is 23.9 Å². The Hall–Kier alpha value is -3.81. The summed E-state index contributed by atoms with van der Waals surface area (Å²) in [5.41, 5.74) is 3.48. The van der Waals surface area contributed by atoms with Crippen LogP contribution in [0.15, 0.2) is 70.7 Å². The molecule has 2 aromatic heterocycles. The molecule has 62 heavy (non-hydrogen) atoms. The number of sulfonamides is 2. The number of aromatic nitrogens is 4. The second-order valence-electron chi connectivity index (χ2n) is 16.8. The molecule has 0 fully saturated rings. The van der Waals surface area contributed by atoms with Crippen LogP contribution in [0.1, 0.15) is 88.2 Å². The maximum Gasteiger partial charge on any atom is 0.430 e. The van der Waals surface area contributed by atoms with Gasteiger partial charge in [-0.15, -0.1) is 0 Å². The summed E-state index contributed by atoms with van der Waals surface area (Å²) in [5.74, 6) is -1.57. The molecule has 0 saturated heterocycles. The summed E-state index contributed by atoms with van der Waals surface area (Å²) in [4.78, 5) is 8.78. The summed E-state index contributed by atoms with van der Waals surface area (Å²) in [6.45, 7) is 12.5. The summed E-state index contributed by atoms with van der Waals surface area (Å²) < 4.78 is 99.3. The van der Waals surface area contributed by atoms with Crippen LogP contribution in [-0.2, 0) is 37.9 Å². The lowest BCUT2D eigenvalue weighted by atomic mass is 10.2. The molecule has 4 aromatic rings. The van der Waals surface area contributed by atoms with Crippen LogP contribution in [0.5, 0.6) is 11.5 Å².